The molecule has 2 aromatic carbocycles. The lowest BCUT2D eigenvalue weighted by atomic mass is 9.87. The van der Waals surface area contributed by atoms with E-state index in [1.165, 1.54) is 0 Å². The van der Waals surface area contributed by atoms with Crippen LogP contribution in [0.15, 0.2) is 42.5 Å². The molecule has 6 nitrogen and oxygen atoms in total. The van der Waals surface area contributed by atoms with Gasteiger partial charge < -0.3 is 19.3 Å². The number of rotatable bonds is 5. The molecule has 1 saturated heterocycles. The summed E-state index contributed by atoms with van der Waals surface area (Å²) in [6.07, 6.45) is 3.14. The van der Waals surface area contributed by atoms with Crippen molar-refractivity contribution >= 4 is 11.8 Å². The molecular formula is C24H28N2O4. The maximum atomic E-state index is 13.4. The van der Waals surface area contributed by atoms with Crippen molar-refractivity contribution in [1.82, 2.24) is 9.80 Å². The van der Waals surface area contributed by atoms with Gasteiger partial charge in [-0.2, -0.15) is 0 Å². The summed E-state index contributed by atoms with van der Waals surface area (Å²) >= 11 is 0. The van der Waals surface area contributed by atoms with Crippen molar-refractivity contribution in [3.05, 3.63) is 59.2 Å². The fourth-order valence-electron chi connectivity index (χ4n) is 4.49. The second kappa shape index (κ2) is 8.78. The van der Waals surface area contributed by atoms with Crippen LogP contribution in [0.4, 0.5) is 0 Å². The molecule has 0 bridgehead atoms. The fourth-order valence-corrected chi connectivity index (χ4v) is 4.49. The van der Waals surface area contributed by atoms with Crippen molar-refractivity contribution in [2.24, 2.45) is 0 Å². The highest BCUT2D eigenvalue weighted by Gasteiger charge is 2.34. The van der Waals surface area contributed by atoms with E-state index in [4.69, 9.17) is 9.47 Å². The zero-order valence-electron chi connectivity index (χ0n) is 17.6. The van der Waals surface area contributed by atoms with E-state index in [0.717, 1.165) is 36.0 Å². The molecule has 2 aliphatic heterocycles. The van der Waals surface area contributed by atoms with Gasteiger partial charge in [-0.05, 0) is 48.1 Å². The van der Waals surface area contributed by atoms with Crippen LogP contribution in [0.25, 0.3) is 0 Å². The number of methoxy groups -OCH3 is 2. The third-order valence-electron chi connectivity index (χ3n) is 6.06. The Morgan fingerprint density at radius 2 is 1.73 bits per heavy atom. The van der Waals surface area contributed by atoms with Gasteiger partial charge in [0, 0.05) is 19.5 Å². The third kappa shape index (κ3) is 3.86. The number of ether oxygens (including phenoxy) is 2. The van der Waals surface area contributed by atoms with Crippen molar-refractivity contribution < 1.29 is 19.1 Å². The van der Waals surface area contributed by atoms with Gasteiger partial charge in [0.25, 0.3) is 0 Å². The van der Waals surface area contributed by atoms with Crippen molar-refractivity contribution in [3.8, 4) is 11.5 Å². The number of fused-ring (bicyclic) bond motifs is 1. The van der Waals surface area contributed by atoms with Crippen molar-refractivity contribution in [1.29, 1.82) is 0 Å². The molecule has 1 fully saturated rings. The van der Waals surface area contributed by atoms with Crippen molar-refractivity contribution in [3.63, 3.8) is 0 Å². The van der Waals surface area contributed by atoms with Gasteiger partial charge in [-0.3, -0.25) is 9.59 Å². The maximum Gasteiger partial charge on any atom is 0.242 e. The second-order valence-corrected chi connectivity index (χ2v) is 7.83. The number of likely N-dealkylation sites (tertiary alicyclic amines) is 1. The van der Waals surface area contributed by atoms with Crippen LogP contribution in [0, 0.1) is 0 Å². The van der Waals surface area contributed by atoms with Crippen molar-refractivity contribution in [2.75, 3.05) is 33.9 Å². The van der Waals surface area contributed by atoms with Gasteiger partial charge in [0.1, 0.15) is 0 Å². The highest BCUT2D eigenvalue weighted by molar-refractivity contribution is 5.86. The Hall–Kier alpha value is -3.02. The molecule has 30 heavy (non-hydrogen) atoms. The Kier molecular flexibility index (Phi) is 5.93. The Morgan fingerprint density at radius 1 is 1.00 bits per heavy atom. The summed E-state index contributed by atoms with van der Waals surface area (Å²) in [5.41, 5.74) is 3.24. The number of hydrogen-bond acceptors (Lipinski definition) is 4. The van der Waals surface area contributed by atoms with E-state index in [2.05, 4.69) is 0 Å². The monoisotopic (exact) mass is 408 g/mol. The summed E-state index contributed by atoms with van der Waals surface area (Å²) in [5.74, 6) is 1.41. The minimum absolute atomic E-state index is 0.0143. The molecule has 2 aromatic rings. The zero-order chi connectivity index (χ0) is 21.1. The maximum absolute atomic E-state index is 13.4. The molecule has 0 aromatic heterocycles. The smallest absolute Gasteiger partial charge is 0.242 e. The summed E-state index contributed by atoms with van der Waals surface area (Å²) in [5, 5.41) is 0. The summed E-state index contributed by atoms with van der Waals surface area (Å²) < 4.78 is 11.0. The molecule has 0 radical (unpaired) electrons. The van der Waals surface area contributed by atoms with E-state index in [9.17, 15) is 9.59 Å². The zero-order valence-corrected chi connectivity index (χ0v) is 17.6. The third-order valence-corrected chi connectivity index (χ3v) is 6.06. The predicted molar refractivity (Wildman–Crippen MR) is 114 cm³/mol. The molecule has 4 rings (SSSR count). The standard InChI is InChI=1S/C24H28N2O4/c1-29-20-14-18-11-13-26(23(28)16-25-12-7-6-10-22(25)27)24(17-8-4-3-5-9-17)19(18)15-21(20)30-2/h3-5,8-9,14-15,24H,6-7,10-13,16H2,1-2H3. The SMILES string of the molecule is COc1cc2c(cc1OC)C(c1ccccc1)N(C(=O)CN1CCCCC1=O)CC2. The predicted octanol–water partition coefficient (Wildman–Crippen LogP) is 3.19. The van der Waals surface area contributed by atoms with E-state index in [1.807, 2.05) is 47.4 Å². The number of amides is 2. The molecular weight excluding hydrogens is 380 g/mol. The first-order valence-electron chi connectivity index (χ1n) is 10.5. The molecule has 1 unspecified atom stereocenters. The van der Waals surface area contributed by atoms with E-state index in [-0.39, 0.29) is 24.4 Å². The number of carbonyl (C=O) groups excluding carboxylic acids is 2. The topological polar surface area (TPSA) is 59.1 Å². The van der Waals surface area contributed by atoms with Gasteiger partial charge in [0.05, 0.1) is 26.8 Å². The average Bonchev–Trinajstić information content (AvgIpc) is 2.79. The lowest BCUT2D eigenvalue weighted by molar-refractivity contribution is -0.143. The molecule has 6 heteroatoms. The number of piperidine rings is 1. The highest BCUT2D eigenvalue weighted by atomic mass is 16.5. The Labute approximate surface area is 177 Å². The summed E-state index contributed by atoms with van der Waals surface area (Å²) in [6, 6.07) is 13.8. The van der Waals surface area contributed by atoms with Gasteiger partial charge in [-0.15, -0.1) is 0 Å². The van der Waals surface area contributed by atoms with Crippen LogP contribution < -0.4 is 9.47 Å². The molecule has 0 spiro atoms. The van der Waals surface area contributed by atoms with E-state index < -0.39 is 0 Å². The quantitative estimate of drug-likeness (QED) is 0.762. The van der Waals surface area contributed by atoms with Gasteiger partial charge in [-0.1, -0.05) is 30.3 Å². The van der Waals surface area contributed by atoms with Crippen LogP contribution in [0.2, 0.25) is 0 Å². The summed E-state index contributed by atoms with van der Waals surface area (Å²) in [7, 11) is 3.25. The second-order valence-electron chi connectivity index (χ2n) is 7.83. The lowest BCUT2D eigenvalue weighted by Crippen LogP contribution is -2.48. The van der Waals surface area contributed by atoms with Crippen LogP contribution in [-0.4, -0.2) is 55.5 Å². The van der Waals surface area contributed by atoms with E-state index in [1.54, 1.807) is 19.1 Å². The molecule has 0 aliphatic carbocycles. The Balaban J connectivity index is 1.71. The van der Waals surface area contributed by atoms with Crippen LogP contribution >= 0.6 is 0 Å². The minimum Gasteiger partial charge on any atom is -0.493 e. The normalized spacial score (nSPS) is 18.7. The molecule has 2 aliphatic rings. The van der Waals surface area contributed by atoms with Gasteiger partial charge in [0.15, 0.2) is 11.5 Å². The largest absolute Gasteiger partial charge is 0.493 e. The first-order valence-corrected chi connectivity index (χ1v) is 10.5. The number of benzene rings is 2. The van der Waals surface area contributed by atoms with Gasteiger partial charge in [-0.25, -0.2) is 0 Å². The molecule has 0 N–H and O–H groups in total. The van der Waals surface area contributed by atoms with Crippen LogP contribution in [0.3, 0.4) is 0 Å². The van der Waals surface area contributed by atoms with Gasteiger partial charge in [0.2, 0.25) is 11.8 Å². The van der Waals surface area contributed by atoms with E-state index in [0.29, 0.717) is 31.0 Å². The molecule has 158 valence electrons. The van der Waals surface area contributed by atoms with E-state index >= 15 is 0 Å². The Bertz CT molecular complexity index is 928. The molecule has 2 heterocycles. The number of nitrogens with zero attached hydrogens (tertiary/aromatic N) is 2. The van der Waals surface area contributed by atoms with Crippen LogP contribution in [0.5, 0.6) is 11.5 Å². The van der Waals surface area contributed by atoms with Gasteiger partial charge >= 0.3 is 0 Å². The molecule has 1 atom stereocenters. The van der Waals surface area contributed by atoms with Crippen LogP contribution in [-0.2, 0) is 16.0 Å². The number of hydrogen-bond donors (Lipinski definition) is 0. The minimum atomic E-state index is -0.220. The number of carbonyl (C=O) groups is 2. The summed E-state index contributed by atoms with van der Waals surface area (Å²) in [4.78, 5) is 29.2. The van der Waals surface area contributed by atoms with Crippen molar-refractivity contribution in [2.45, 2.75) is 31.7 Å². The lowest BCUT2D eigenvalue weighted by Gasteiger charge is -2.39. The van der Waals surface area contributed by atoms with Crippen LogP contribution in [0.1, 0.15) is 42.0 Å². The first kappa shape index (κ1) is 20.3. The average molecular weight is 408 g/mol. The first-order chi connectivity index (χ1) is 14.6. The Morgan fingerprint density at radius 3 is 2.43 bits per heavy atom. The summed E-state index contributed by atoms with van der Waals surface area (Å²) in [6.45, 7) is 1.41. The highest BCUT2D eigenvalue weighted by Crippen LogP contribution is 2.41. The molecule has 0 saturated carbocycles. The molecule has 2 amide bonds. The fraction of sp³-hybridized carbons (Fsp3) is 0.417.